The van der Waals surface area contributed by atoms with Crippen LogP contribution in [0.2, 0.25) is 0 Å². The van der Waals surface area contributed by atoms with Gasteiger partial charge in [-0.1, -0.05) is 30.0 Å². The zero-order valence-electron chi connectivity index (χ0n) is 19.9. The van der Waals surface area contributed by atoms with E-state index < -0.39 is 12.2 Å². The lowest BCUT2D eigenvalue weighted by Crippen LogP contribution is -2.32. The van der Waals surface area contributed by atoms with Gasteiger partial charge >= 0.3 is 0 Å². The van der Waals surface area contributed by atoms with Crippen molar-refractivity contribution in [3.05, 3.63) is 82.8 Å². The molecule has 0 unspecified atom stereocenters. The molecule has 2 aliphatic heterocycles. The largest absolute Gasteiger partial charge is 0.366 e. The molecule has 0 bridgehead atoms. The number of alkyl halides is 1. The number of imidazole rings is 1. The Morgan fingerprint density at radius 2 is 2.19 bits per heavy atom. The number of amides is 1. The van der Waals surface area contributed by atoms with Crippen molar-refractivity contribution in [1.29, 1.82) is 0 Å². The molecule has 3 atom stereocenters. The van der Waals surface area contributed by atoms with Gasteiger partial charge in [-0.25, -0.2) is 14.4 Å². The van der Waals surface area contributed by atoms with Gasteiger partial charge in [-0.2, -0.15) is 0 Å². The lowest BCUT2D eigenvalue weighted by Gasteiger charge is -2.19. The monoisotopic (exact) mass is 483 g/mol. The highest BCUT2D eigenvalue weighted by atomic mass is 19.1. The number of aryl methyl sites for hydroxylation is 1. The van der Waals surface area contributed by atoms with Crippen LogP contribution in [-0.4, -0.2) is 44.3 Å². The standard InChI is InChI=1S/C28H26FN5O2/c1-17-11-18(8-9-22-6-4-10-36-22)12-25(31-17)28(35)33-26(24-13-19-5-2-3-7-23(19)32-24)27-30-15-21-14-20(29)16-34(21)27/h2-3,5,7,11-13,15,20,22,26,32H,4,6,10,14,16H2,1H3,(H,33,35)/t20-,22+,26-/m0/s1. The van der Waals surface area contributed by atoms with Crippen LogP contribution in [0, 0.1) is 18.8 Å². The van der Waals surface area contributed by atoms with Crippen molar-refractivity contribution in [3.63, 3.8) is 0 Å². The molecule has 6 rings (SSSR count). The maximum atomic E-state index is 14.2. The maximum absolute atomic E-state index is 14.2. The summed E-state index contributed by atoms with van der Waals surface area (Å²) in [6, 6.07) is 12.8. The Labute approximate surface area is 208 Å². The third kappa shape index (κ3) is 4.38. The maximum Gasteiger partial charge on any atom is 0.270 e. The first-order valence-electron chi connectivity index (χ1n) is 12.2. The summed E-state index contributed by atoms with van der Waals surface area (Å²) in [5.41, 5.74) is 4.23. The van der Waals surface area contributed by atoms with E-state index in [1.54, 1.807) is 12.3 Å². The van der Waals surface area contributed by atoms with E-state index in [-0.39, 0.29) is 24.2 Å². The molecule has 0 radical (unpaired) electrons. The Balaban J connectivity index is 1.34. The van der Waals surface area contributed by atoms with Crippen LogP contribution in [0.25, 0.3) is 10.9 Å². The second kappa shape index (κ2) is 9.25. The van der Waals surface area contributed by atoms with Crippen LogP contribution in [0.1, 0.15) is 57.8 Å². The quantitative estimate of drug-likeness (QED) is 0.430. The van der Waals surface area contributed by atoms with Crippen molar-refractivity contribution in [1.82, 2.24) is 24.8 Å². The average molecular weight is 484 g/mol. The Bertz CT molecular complexity index is 1470. The molecule has 5 heterocycles. The topological polar surface area (TPSA) is 84.8 Å². The highest BCUT2D eigenvalue weighted by molar-refractivity contribution is 5.93. The molecule has 182 valence electrons. The van der Waals surface area contributed by atoms with E-state index in [2.05, 4.69) is 32.1 Å². The minimum absolute atomic E-state index is 0.0657. The number of halogens is 1. The van der Waals surface area contributed by atoms with Crippen LogP contribution in [0.5, 0.6) is 0 Å². The fraction of sp³-hybridized carbons (Fsp3) is 0.321. The number of carbonyl (C=O) groups is 1. The molecule has 0 spiro atoms. The van der Waals surface area contributed by atoms with E-state index in [4.69, 9.17) is 4.74 Å². The highest BCUT2D eigenvalue weighted by Crippen LogP contribution is 2.29. The van der Waals surface area contributed by atoms with Crippen LogP contribution in [0.4, 0.5) is 4.39 Å². The number of para-hydroxylation sites is 1. The summed E-state index contributed by atoms with van der Waals surface area (Å²) in [6.07, 6.45) is 2.93. The number of fused-ring (bicyclic) bond motifs is 2. The van der Waals surface area contributed by atoms with Crippen LogP contribution in [0.15, 0.2) is 48.7 Å². The molecule has 1 amide bonds. The molecule has 7 nitrogen and oxygen atoms in total. The van der Waals surface area contributed by atoms with Crippen LogP contribution >= 0.6 is 0 Å². The summed E-state index contributed by atoms with van der Waals surface area (Å²) in [4.78, 5) is 25.9. The average Bonchev–Trinajstić information content (AvgIpc) is 3.65. The molecular weight excluding hydrogens is 457 g/mol. The smallest absolute Gasteiger partial charge is 0.270 e. The van der Waals surface area contributed by atoms with Crippen molar-refractivity contribution < 1.29 is 13.9 Å². The second-order valence-corrected chi connectivity index (χ2v) is 9.39. The number of carbonyl (C=O) groups excluding carboxylic acids is 1. The van der Waals surface area contributed by atoms with Gasteiger partial charge in [-0.15, -0.1) is 0 Å². The van der Waals surface area contributed by atoms with Crippen molar-refractivity contribution in [2.45, 2.75) is 51.0 Å². The summed E-state index contributed by atoms with van der Waals surface area (Å²) >= 11 is 0. The number of nitrogens with zero attached hydrogens (tertiary/aromatic N) is 3. The fourth-order valence-corrected chi connectivity index (χ4v) is 4.97. The molecule has 0 saturated carbocycles. The Morgan fingerprint density at radius 1 is 1.31 bits per heavy atom. The molecule has 4 aromatic rings. The molecule has 1 aromatic carbocycles. The third-order valence-corrected chi connectivity index (χ3v) is 6.67. The summed E-state index contributed by atoms with van der Waals surface area (Å²) in [5.74, 6) is 6.52. The first-order chi connectivity index (χ1) is 17.5. The number of benzene rings is 1. The Morgan fingerprint density at radius 3 is 3.03 bits per heavy atom. The van der Waals surface area contributed by atoms with Crippen molar-refractivity contribution in [2.75, 3.05) is 6.61 Å². The van der Waals surface area contributed by atoms with E-state index in [0.29, 0.717) is 23.5 Å². The van der Waals surface area contributed by atoms with E-state index in [1.165, 1.54) is 0 Å². The van der Waals surface area contributed by atoms with E-state index in [0.717, 1.165) is 41.7 Å². The summed E-state index contributed by atoms with van der Waals surface area (Å²) < 4.78 is 21.6. The van der Waals surface area contributed by atoms with Crippen LogP contribution in [-0.2, 0) is 17.7 Å². The second-order valence-electron chi connectivity index (χ2n) is 9.39. The van der Waals surface area contributed by atoms with Crippen molar-refractivity contribution >= 4 is 16.8 Å². The predicted molar refractivity (Wildman–Crippen MR) is 133 cm³/mol. The lowest BCUT2D eigenvalue weighted by molar-refractivity contribution is 0.0935. The predicted octanol–water partition coefficient (Wildman–Crippen LogP) is 4.01. The van der Waals surface area contributed by atoms with Crippen LogP contribution in [0.3, 0.4) is 0 Å². The highest BCUT2D eigenvalue weighted by Gasteiger charge is 2.30. The molecular formula is C28H26FN5O2. The molecule has 36 heavy (non-hydrogen) atoms. The van der Waals surface area contributed by atoms with Crippen molar-refractivity contribution in [3.8, 4) is 11.8 Å². The Hall–Kier alpha value is -3.96. The fourth-order valence-electron chi connectivity index (χ4n) is 4.97. The van der Waals surface area contributed by atoms with Gasteiger partial charge in [0, 0.05) is 47.4 Å². The minimum atomic E-state index is -0.954. The van der Waals surface area contributed by atoms with Gasteiger partial charge in [0.05, 0.1) is 6.54 Å². The number of aromatic nitrogens is 4. The zero-order chi connectivity index (χ0) is 24.6. The number of nitrogens with one attached hydrogen (secondary N) is 2. The number of pyridine rings is 1. The molecule has 1 fully saturated rings. The number of rotatable bonds is 4. The Kier molecular flexibility index (Phi) is 5.78. The van der Waals surface area contributed by atoms with E-state index >= 15 is 0 Å². The molecule has 1 saturated heterocycles. The zero-order valence-corrected chi connectivity index (χ0v) is 19.9. The minimum Gasteiger partial charge on any atom is -0.366 e. The van der Waals surface area contributed by atoms with Gasteiger partial charge < -0.3 is 19.6 Å². The first-order valence-corrected chi connectivity index (χ1v) is 12.2. The van der Waals surface area contributed by atoms with Gasteiger partial charge in [0.2, 0.25) is 0 Å². The molecule has 8 heteroatoms. The van der Waals surface area contributed by atoms with E-state index in [9.17, 15) is 9.18 Å². The van der Waals surface area contributed by atoms with Gasteiger partial charge in [-0.05, 0) is 49.4 Å². The number of ether oxygens (including phenoxy) is 1. The number of H-pyrrole nitrogens is 1. The molecule has 3 aromatic heterocycles. The van der Waals surface area contributed by atoms with Gasteiger partial charge in [0.1, 0.15) is 29.8 Å². The third-order valence-electron chi connectivity index (χ3n) is 6.67. The number of hydrogen-bond donors (Lipinski definition) is 2. The molecule has 2 aliphatic rings. The lowest BCUT2D eigenvalue weighted by atomic mass is 10.1. The summed E-state index contributed by atoms with van der Waals surface area (Å²) in [5, 5.41) is 4.12. The van der Waals surface area contributed by atoms with Crippen molar-refractivity contribution in [2.24, 2.45) is 0 Å². The SMILES string of the molecule is Cc1cc(C#C[C@H]2CCCO2)cc(C(=O)N[C@@H](c2cc3ccccc3[nH]2)c2ncc3n2C[C@@H](F)C3)n1. The summed E-state index contributed by atoms with van der Waals surface area (Å²) in [7, 11) is 0. The van der Waals surface area contributed by atoms with E-state index in [1.807, 2.05) is 47.9 Å². The van der Waals surface area contributed by atoms with Gasteiger partial charge in [-0.3, -0.25) is 4.79 Å². The van der Waals surface area contributed by atoms with Gasteiger partial charge in [0.25, 0.3) is 5.91 Å². The molecule has 0 aliphatic carbocycles. The normalized spacial score (nSPS) is 19.6. The number of aromatic amines is 1. The van der Waals surface area contributed by atoms with Gasteiger partial charge in [0.15, 0.2) is 0 Å². The summed E-state index contributed by atoms with van der Waals surface area (Å²) in [6.45, 7) is 2.80. The number of hydrogen-bond acceptors (Lipinski definition) is 4. The first kappa shape index (κ1) is 22.5. The van der Waals surface area contributed by atoms with Crippen LogP contribution < -0.4 is 5.32 Å². The molecule has 2 N–H and O–H groups in total.